The van der Waals surface area contributed by atoms with Crippen LogP contribution in [0.25, 0.3) is 21.1 Å². The third-order valence-electron chi connectivity index (χ3n) is 2.62. The molecule has 0 radical (unpaired) electrons. The third-order valence-corrected chi connectivity index (χ3v) is 3.72. The zero-order valence-electron chi connectivity index (χ0n) is 10.1. The highest BCUT2D eigenvalue weighted by Crippen LogP contribution is 2.33. The summed E-state index contributed by atoms with van der Waals surface area (Å²) in [5.41, 5.74) is 1.60. The summed E-state index contributed by atoms with van der Waals surface area (Å²) in [7, 11) is 0. The number of aromatic nitrogens is 3. The van der Waals surface area contributed by atoms with E-state index >= 15 is 0 Å². The van der Waals surface area contributed by atoms with Gasteiger partial charge < -0.3 is 0 Å². The zero-order valence-corrected chi connectivity index (χ0v) is 10.9. The van der Waals surface area contributed by atoms with Crippen LogP contribution in [0.3, 0.4) is 0 Å². The lowest BCUT2D eigenvalue weighted by atomic mass is 10.2. The van der Waals surface area contributed by atoms with Crippen LogP contribution in [0, 0.1) is 17.3 Å². The molecule has 0 aromatic carbocycles. The molecule has 0 bridgehead atoms. The van der Waals surface area contributed by atoms with Gasteiger partial charge in [-0.3, -0.25) is 9.97 Å². The van der Waals surface area contributed by atoms with Gasteiger partial charge in [0.05, 0.1) is 17.3 Å². The summed E-state index contributed by atoms with van der Waals surface area (Å²) in [5, 5.41) is 9.41. The van der Waals surface area contributed by atoms with E-state index in [-0.39, 0.29) is 0 Å². The zero-order chi connectivity index (χ0) is 13.9. The van der Waals surface area contributed by atoms with Gasteiger partial charge in [0.1, 0.15) is 9.88 Å². The van der Waals surface area contributed by atoms with E-state index in [0.29, 0.717) is 21.1 Å². The minimum Gasteiger partial charge on any atom is -0.264 e. The Morgan fingerprint density at radius 1 is 1.25 bits per heavy atom. The van der Waals surface area contributed by atoms with Crippen molar-refractivity contribution in [2.24, 2.45) is 0 Å². The molecule has 96 valence electrons. The predicted octanol–water partition coefficient (Wildman–Crippen LogP) is 3.28. The van der Waals surface area contributed by atoms with Crippen LogP contribution >= 0.6 is 11.3 Å². The van der Waals surface area contributed by atoms with Crippen LogP contribution in [0.5, 0.6) is 0 Å². The lowest BCUT2D eigenvalue weighted by molar-refractivity contribution is 0.596. The van der Waals surface area contributed by atoms with E-state index in [2.05, 4.69) is 15.0 Å². The molecular formula is C14H7FN4S. The van der Waals surface area contributed by atoms with Crippen molar-refractivity contribution in [2.75, 3.05) is 0 Å². The van der Waals surface area contributed by atoms with Gasteiger partial charge in [0.15, 0.2) is 0 Å². The van der Waals surface area contributed by atoms with Gasteiger partial charge in [-0.2, -0.15) is 9.65 Å². The number of nitrogens with zero attached hydrogens (tertiary/aromatic N) is 4. The molecule has 6 heteroatoms. The summed E-state index contributed by atoms with van der Waals surface area (Å²) in [6.45, 7) is 0. The van der Waals surface area contributed by atoms with Crippen molar-refractivity contribution < 1.29 is 4.39 Å². The molecule has 0 unspecified atom stereocenters. The minimum absolute atomic E-state index is 0.320. The molecule has 0 aliphatic heterocycles. The fraction of sp³-hybridized carbons (Fsp3) is 0. The second-order valence-electron chi connectivity index (χ2n) is 3.92. The summed E-state index contributed by atoms with van der Waals surface area (Å²) < 4.78 is 14.0. The third kappa shape index (κ3) is 2.27. The Morgan fingerprint density at radius 3 is 2.90 bits per heavy atom. The second-order valence-corrected chi connectivity index (χ2v) is 4.92. The number of rotatable bonds is 2. The molecule has 0 aliphatic carbocycles. The van der Waals surface area contributed by atoms with Gasteiger partial charge in [0.25, 0.3) is 0 Å². The highest BCUT2D eigenvalue weighted by molar-refractivity contribution is 7.18. The van der Waals surface area contributed by atoms with E-state index in [0.717, 1.165) is 5.56 Å². The molecule has 3 heterocycles. The van der Waals surface area contributed by atoms with Crippen molar-refractivity contribution >= 4 is 11.3 Å². The Labute approximate surface area is 118 Å². The summed E-state index contributed by atoms with van der Waals surface area (Å²) >= 11 is 1.19. The number of thiazole rings is 1. The summed E-state index contributed by atoms with van der Waals surface area (Å²) in [6.07, 6.45) is 4.75. The predicted molar refractivity (Wildman–Crippen MR) is 73.2 cm³/mol. The Bertz CT molecular complexity index is 792. The molecular weight excluding hydrogens is 275 g/mol. The maximum Gasteiger partial charge on any atom is 0.233 e. The standard InChI is InChI=1S/C14H7FN4S/c15-13-12(11-6-9(7-16)3-5-18-11)20-14(19-13)10-2-1-4-17-8-10/h1-6,8H. The molecule has 4 nitrogen and oxygen atoms in total. The van der Waals surface area contributed by atoms with Gasteiger partial charge in [-0.05, 0) is 24.3 Å². The fourth-order valence-electron chi connectivity index (χ4n) is 1.70. The highest BCUT2D eigenvalue weighted by atomic mass is 32.1. The van der Waals surface area contributed by atoms with Crippen LogP contribution in [0.15, 0.2) is 42.9 Å². The van der Waals surface area contributed by atoms with E-state index in [9.17, 15) is 4.39 Å². The number of nitriles is 1. The lowest BCUT2D eigenvalue weighted by Crippen LogP contribution is -1.85. The van der Waals surface area contributed by atoms with Gasteiger partial charge in [-0.15, -0.1) is 11.3 Å². The fourth-order valence-corrected chi connectivity index (χ4v) is 2.60. The van der Waals surface area contributed by atoms with Gasteiger partial charge in [-0.1, -0.05) is 0 Å². The number of hydrogen-bond donors (Lipinski definition) is 0. The van der Waals surface area contributed by atoms with Crippen molar-refractivity contribution in [3.63, 3.8) is 0 Å². The van der Waals surface area contributed by atoms with Gasteiger partial charge in [0, 0.05) is 24.2 Å². The average molecular weight is 282 g/mol. The topological polar surface area (TPSA) is 62.5 Å². The summed E-state index contributed by atoms with van der Waals surface area (Å²) in [5.74, 6) is -0.587. The Hall–Kier alpha value is -2.65. The van der Waals surface area contributed by atoms with Crippen molar-refractivity contribution in [1.29, 1.82) is 5.26 Å². The van der Waals surface area contributed by atoms with Crippen molar-refractivity contribution in [1.82, 2.24) is 15.0 Å². The van der Waals surface area contributed by atoms with Crippen LogP contribution < -0.4 is 0 Å². The van der Waals surface area contributed by atoms with E-state index in [1.165, 1.54) is 17.5 Å². The minimum atomic E-state index is -0.587. The monoisotopic (exact) mass is 282 g/mol. The Kier molecular flexibility index (Phi) is 3.19. The Balaban J connectivity index is 2.08. The maximum absolute atomic E-state index is 14.0. The van der Waals surface area contributed by atoms with E-state index in [1.807, 2.05) is 12.1 Å². The van der Waals surface area contributed by atoms with Crippen LogP contribution in [-0.4, -0.2) is 15.0 Å². The normalized spacial score (nSPS) is 10.2. The quantitative estimate of drug-likeness (QED) is 0.723. The maximum atomic E-state index is 14.0. The molecule has 0 aliphatic rings. The summed E-state index contributed by atoms with van der Waals surface area (Å²) in [6, 6.07) is 8.71. The van der Waals surface area contributed by atoms with Gasteiger partial charge in [-0.25, -0.2) is 4.98 Å². The lowest BCUT2D eigenvalue weighted by Gasteiger charge is -1.96. The molecule has 0 saturated heterocycles. The van der Waals surface area contributed by atoms with E-state index in [1.54, 1.807) is 30.6 Å². The molecule has 0 spiro atoms. The van der Waals surface area contributed by atoms with E-state index < -0.39 is 5.95 Å². The number of hydrogen-bond acceptors (Lipinski definition) is 5. The molecule has 0 amide bonds. The average Bonchev–Trinajstić information content (AvgIpc) is 2.90. The molecule has 0 atom stereocenters. The highest BCUT2D eigenvalue weighted by Gasteiger charge is 2.15. The van der Waals surface area contributed by atoms with E-state index in [4.69, 9.17) is 5.26 Å². The van der Waals surface area contributed by atoms with Gasteiger partial charge >= 0.3 is 0 Å². The number of pyridine rings is 2. The largest absolute Gasteiger partial charge is 0.264 e. The smallest absolute Gasteiger partial charge is 0.233 e. The van der Waals surface area contributed by atoms with Crippen LogP contribution in [0.4, 0.5) is 4.39 Å². The van der Waals surface area contributed by atoms with Crippen molar-refractivity contribution in [3.8, 4) is 27.2 Å². The van der Waals surface area contributed by atoms with Crippen LogP contribution in [0.1, 0.15) is 5.56 Å². The first-order valence-corrected chi connectivity index (χ1v) is 6.53. The van der Waals surface area contributed by atoms with Crippen LogP contribution in [0.2, 0.25) is 0 Å². The van der Waals surface area contributed by atoms with Crippen LogP contribution in [-0.2, 0) is 0 Å². The second kappa shape index (κ2) is 5.15. The first kappa shape index (κ1) is 12.4. The van der Waals surface area contributed by atoms with Crippen molar-refractivity contribution in [3.05, 3.63) is 54.4 Å². The van der Waals surface area contributed by atoms with Crippen molar-refractivity contribution in [2.45, 2.75) is 0 Å². The molecule has 3 rings (SSSR count). The molecule has 0 saturated carbocycles. The first-order valence-electron chi connectivity index (χ1n) is 5.71. The SMILES string of the molecule is N#Cc1ccnc(-c2sc(-c3cccnc3)nc2F)c1. The Morgan fingerprint density at radius 2 is 2.15 bits per heavy atom. The molecule has 0 N–H and O–H groups in total. The molecule has 20 heavy (non-hydrogen) atoms. The van der Waals surface area contributed by atoms with Gasteiger partial charge in [0.2, 0.25) is 5.95 Å². The molecule has 3 aromatic rings. The first-order chi connectivity index (χ1) is 9.78. The summed E-state index contributed by atoms with van der Waals surface area (Å²) in [4.78, 5) is 12.3. The number of halogens is 1. The molecule has 0 fully saturated rings. The molecule has 3 aromatic heterocycles.